The van der Waals surface area contributed by atoms with E-state index in [9.17, 15) is 0 Å². The molecule has 22 heavy (non-hydrogen) atoms. The third-order valence-corrected chi connectivity index (χ3v) is 3.79. The molecule has 2 N–H and O–H groups in total. The number of methoxy groups -OCH3 is 1. The van der Waals surface area contributed by atoms with E-state index in [1.807, 2.05) is 7.05 Å². The minimum atomic E-state index is 0.672. The number of hydrogen-bond acceptors (Lipinski definition) is 3. The summed E-state index contributed by atoms with van der Waals surface area (Å²) in [5.41, 5.74) is 1.60. The molecule has 1 aliphatic rings. The van der Waals surface area contributed by atoms with E-state index >= 15 is 0 Å². The average Bonchev–Trinajstić information content (AvgIpc) is 2.56. The SMILES string of the molecule is CN=C(NCCCCOCCOC)NCCC1=CCCCC1. The van der Waals surface area contributed by atoms with Gasteiger partial charge in [0.25, 0.3) is 0 Å². The number of hydrogen-bond donors (Lipinski definition) is 2. The predicted molar refractivity (Wildman–Crippen MR) is 92.5 cm³/mol. The highest BCUT2D eigenvalue weighted by molar-refractivity contribution is 5.79. The van der Waals surface area contributed by atoms with Crippen LogP contribution in [-0.2, 0) is 9.47 Å². The van der Waals surface area contributed by atoms with Gasteiger partial charge in [-0.3, -0.25) is 4.99 Å². The van der Waals surface area contributed by atoms with Gasteiger partial charge in [-0.05, 0) is 44.9 Å². The molecule has 0 radical (unpaired) electrons. The van der Waals surface area contributed by atoms with Crippen LogP contribution in [0.2, 0.25) is 0 Å². The van der Waals surface area contributed by atoms with Gasteiger partial charge in [-0.1, -0.05) is 11.6 Å². The van der Waals surface area contributed by atoms with Crippen LogP contribution in [0.15, 0.2) is 16.6 Å². The van der Waals surface area contributed by atoms with Crippen LogP contribution in [-0.4, -0.2) is 53.0 Å². The summed E-state index contributed by atoms with van der Waals surface area (Å²) in [6, 6.07) is 0. The maximum Gasteiger partial charge on any atom is 0.190 e. The molecule has 0 unspecified atom stereocenters. The van der Waals surface area contributed by atoms with Crippen LogP contribution in [0.4, 0.5) is 0 Å². The van der Waals surface area contributed by atoms with Crippen molar-refractivity contribution in [3.8, 4) is 0 Å². The molecule has 0 bridgehead atoms. The van der Waals surface area contributed by atoms with Crippen LogP contribution in [0.25, 0.3) is 0 Å². The largest absolute Gasteiger partial charge is 0.382 e. The lowest BCUT2D eigenvalue weighted by molar-refractivity contribution is 0.0689. The Morgan fingerprint density at radius 1 is 1.14 bits per heavy atom. The molecule has 0 heterocycles. The number of ether oxygens (including phenoxy) is 2. The van der Waals surface area contributed by atoms with Gasteiger partial charge in [0.1, 0.15) is 0 Å². The molecule has 128 valence electrons. The normalized spacial score (nSPS) is 15.5. The fourth-order valence-corrected chi connectivity index (χ4v) is 2.47. The molecule has 1 rings (SSSR count). The van der Waals surface area contributed by atoms with E-state index < -0.39 is 0 Å². The van der Waals surface area contributed by atoms with Gasteiger partial charge in [0.2, 0.25) is 0 Å². The van der Waals surface area contributed by atoms with Gasteiger partial charge < -0.3 is 20.1 Å². The minimum Gasteiger partial charge on any atom is -0.382 e. The molecule has 0 fully saturated rings. The lowest BCUT2D eigenvalue weighted by Crippen LogP contribution is -2.38. The van der Waals surface area contributed by atoms with Crippen LogP contribution < -0.4 is 10.6 Å². The zero-order valence-electron chi connectivity index (χ0n) is 14.3. The van der Waals surface area contributed by atoms with Crippen molar-refractivity contribution < 1.29 is 9.47 Å². The van der Waals surface area contributed by atoms with Gasteiger partial charge >= 0.3 is 0 Å². The quantitative estimate of drug-likeness (QED) is 0.266. The number of rotatable bonds is 11. The molecule has 0 spiro atoms. The smallest absolute Gasteiger partial charge is 0.190 e. The number of nitrogens with zero attached hydrogens (tertiary/aromatic N) is 1. The highest BCUT2D eigenvalue weighted by Gasteiger charge is 2.03. The van der Waals surface area contributed by atoms with Crippen molar-refractivity contribution in [2.45, 2.75) is 44.9 Å². The van der Waals surface area contributed by atoms with E-state index in [4.69, 9.17) is 9.47 Å². The maximum atomic E-state index is 5.43. The Kier molecular flexibility index (Phi) is 11.7. The van der Waals surface area contributed by atoms with E-state index in [0.717, 1.165) is 44.9 Å². The number of allylic oxidation sites excluding steroid dienone is 1. The van der Waals surface area contributed by atoms with Crippen LogP contribution >= 0.6 is 0 Å². The lowest BCUT2D eigenvalue weighted by atomic mass is 9.97. The van der Waals surface area contributed by atoms with Gasteiger partial charge in [-0.25, -0.2) is 0 Å². The summed E-state index contributed by atoms with van der Waals surface area (Å²) >= 11 is 0. The zero-order valence-corrected chi connectivity index (χ0v) is 14.3. The Balaban J connectivity index is 1.97. The van der Waals surface area contributed by atoms with Crippen LogP contribution in [0, 0.1) is 0 Å². The summed E-state index contributed by atoms with van der Waals surface area (Å²) in [6.07, 6.45) is 10.9. The van der Waals surface area contributed by atoms with Crippen LogP contribution in [0.1, 0.15) is 44.9 Å². The number of aliphatic imine (C=N–C) groups is 1. The van der Waals surface area contributed by atoms with Crippen molar-refractivity contribution in [2.24, 2.45) is 4.99 Å². The Labute approximate surface area is 135 Å². The molecule has 0 aromatic rings. The minimum absolute atomic E-state index is 0.672. The molecule has 0 aromatic carbocycles. The molecule has 0 aromatic heterocycles. The predicted octanol–water partition coefficient (Wildman–Crippen LogP) is 2.49. The van der Waals surface area contributed by atoms with E-state index in [1.165, 1.54) is 25.7 Å². The van der Waals surface area contributed by atoms with Crippen molar-refractivity contribution in [2.75, 3.05) is 47.1 Å². The van der Waals surface area contributed by atoms with Gasteiger partial charge in [0.15, 0.2) is 5.96 Å². The van der Waals surface area contributed by atoms with Crippen molar-refractivity contribution in [1.29, 1.82) is 0 Å². The van der Waals surface area contributed by atoms with Crippen molar-refractivity contribution >= 4 is 5.96 Å². The summed E-state index contributed by atoms with van der Waals surface area (Å²) in [5, 5.41) is 6.73. The highest BCUT2D eigenvalue weighted by atomic mass is 16.5. The lowest BCUT2D eigenvalue weighted by Gasteiger charge is -2.15. The molecule has 0 amide bonds. The van der Waals surface area contributed by atoms with Crippen molar-refractivity contribution in [1.82, 2.24) is 10.6 Å². The number of unbranched alkanes of at least 4 members (excludes halogenated alkanes) is 1. The monoisotopic (exact) mass is 311 g/mol. The Morgan fingerprint density at radius 3 is 2.73 bits per heavy atom. The Bertz CT molecular complexity index is 330. The topological polar surface area (TPSA) is 54.9 Å². The second-order valence-corrected chi connectivity index (χ2v) is 5.60. The van der Waals surface area contributed by atoms with E-state index in [0.29, 0.717) is 13.2 Å². The fraction of sp³-hybridized carbons (Fsp3) is 0.824. The molecule has 0 atom stereocenters. The molecule has 5 heteroatoms. The van der Waals surface area contributed by atoms with Crippen LogP contribution in [0.5, 0.6) is 0 Å². The summed E-state index contributed by atoms with van der Waals surface area (Å²) in [6.45, 7) is 4.04. The average molecular weight is 311 g/mol. The van der Waals surface area contributed by atoms with E-state index in [1.54, 1.807) is 12.7 Å². The third-order valence-electron chi connectivity index (χ3n) is 3.79. The van der Waals surface area contributed by atoms with Crippen molar-refractivity contribution in [3.05, 3.63) is 11.6 Å². The third kappa shape index (κ3) is 9.79. The first-order valence-electron chi connectivity index (χ1n) is 8.56. The standard InChI is InChI=1S/C17H33N3O2/c1-18-17(19-11-6-7-13-22-15-14-21-2)20-12-10-16-8-4-3-5-9-16/h8H,3-7,9-15H2,1-2H3,(H2,18,19,20). The molecule has 1 aliphatic carbocycles. The molecular formula is C17H33N3O2. The zero-order chi connectivity index (χ0) is 15.9. The van der Waals surface area contributed by atoms with E-state index in [2.05, 4.69) is 21.7 Å². The molecular weight excluding hydrogens is 278 g/mol. The molecule has 0 saturated heterocycles. The highest BCUT2D eigenvalue weighted by Crippen LogP contribution is 2.19. The summed E-state index contributed by atoms with van der Waals surface area (Å²) in [4.78, 5) is 4.26. The van der Waals surface area contributed by atoms with Crippen LogP contribution in [0.3, 0.4) is 0 Å². The summed E-state index contributed by atoms with van der Waals surface area (Å²) < 4.78 is 10.4. The molecule has 5 nitrogen and oxygen atoms in total. The first-order valence-corrected chi connectivity index (χ1v) is 8.56. The molecule has 0 saturated carbocycles. The Hall–Kier alpha value is -1.07. The van der Waals surface area contributed by atoms with Crippen molar-refractivity contribution in [3.63, 3.8) is 0 Å². The first kappa shape index (κ1) is 19.0. The van der Waals surface area contributed by atoms with Gasteiger partial charge in [-0.2, -0.15) is 0 Å². The summed E-state index contributed by atoms with van der Waals surface area (Å²) in [5.74, 6) is 0.900. The second-order valence-electron chi connectivity index (χ2n) is 5.60. The first-order chi connectivity index (χ1) is 10.9. The van der Waals surface area contributed by atoms with Gasteiger partial charge in [-0.15, -0.1) is 0 Å². The summed E-state index contributed by atoms with van der Waals surface area (Å²) in [7, 11) is 3.51. The maximum absolute atomic E-state index is 5.43. The van der Waals surface area contributed by atoms with E-state index in [-0.39, 0.29) is 0 Å². The second kappa shape index (κ2) is 13.6. The number of guanidine groups is 1. The number of nitrogens with one attached hydrogen (secondary N) is 2. The van der Waals surface area contributed by atoms with Gasteiger partial charge in [0, 0.05) is 33.9 Å². The molecule has 0 aliphatic heterocycles. The Morgan fingerprint density at radius 2 is 2.00 bits per heavy atom. The van der Waals surface area contributed by atoms with Gasteiger partial charge in [0.05, 0.1) is 13.2 Å². The fourth-order valence-electron chi connectivity index (χ4n) is 2.47.